The third-order valence-electron chi connectivity index (χ3n) is 6.42. The minimum Gasteiger partial charge on any atom is -0.459 e. The lowest BCUT2D eigenvalue weighted by Crippen LogP contribution is -2.54. The molecule has 2 bridgehead atoms. The van der Waals surface area contributed by atoms with Crippen LogP contribution in [0.15, 0.2) is 54.6 Å². The summed E-state index contributed by atoms with van der Waals surface area (Å²) >= 11 is 0. The summed E-state index contributed by atoms with van der Waals surface area (Å²) in [7, 11) is 0. The average Bonchev–Trinajstić information content (AvgIpc) is 2.85. The molecule has 36 heavy (non-hydrogen) atoms. The molecule has 3 aliphatic rings. The minimum absolute atomic E-state index is 0.164. The first-order valence-electron chi connectivity index (χ1n) is 12.4. The Balaban J connectivity index is 1.41. The van der Waals surface area contributed by atoms with Gasteiger partial charge >= 0.3 is 18.0 Å². The molecule has 1 amide bonds. The van der Waals surface area contributed by atoms with Crippen LogP contribution in [0.4, 0.5) is 4.79 Å². The van der Waals surface area contributed by atoms with Gasteiger partial charge in [0.2, 0.25) is 0 Å². The maximum Gasteiger partial charge on any atom is 0.408 e. The van der Waals surface area contributed by atoms with E-state index in [0.29, 0.717) is 17.2 Å². The highest BCUT2D eigenvalue weighted by atomic mass is 16.6. The van der Waals surface area contributed by atoms with E-state index in [2.05, 4.69) is 10.2 Å². The van der Waals surface area contributed by atoms with Gasteiger partial charge in [-0.3, -0.25) is 4.90 Å². The van der Waals surface area contributed by atoms with Crippen molar-refractivity contribution >= 4 is 18.0 Å². The summed E-state index contributed by atoms with van der Waals surface area (Å²) in [6.45, 7) is 8.11. The zero-order chi connectivity index (χ0) is 25.7. The van der Waals surface area contributed by atoms with Crippen LogP contribution >= 0.6 is 0 Å². The van der Waals surface area contributed by atoms with E-state index in [1.54, 1.807) is 69.3 Å². The topological polar surface area (TPSA) is 94.2 Å². The Morgan fingerprint density at radius 3 is 2.25 bits per heavy atom. The fraction of sp³-hybridized carbons (Fsp3) is 0.464. The molecule has 1 N–H and O–H groups in total. The van der Waals surface area contributed by atoms with E-state index in [0.717, 1.165) is 38.0 Å². The standard InChI is InChI=1S/C28H34N2O6/c1-28(2,3)36-27(33)29-23(26(32)35-24-18-30-15-13-20(24)14-16-30)17-19-9-11-22(12-10-19)34-25(31)21-7-5-4-6-8-21/h4-12,20,23-24H,13-18H2,1-3H3,(H,29,33)/t23-,24-/m0/s1. The summed E-state index contributed by atoms with van der Waals surface area (Å²) in [5.74, 6) is -0.174. The summed E-state index contributed by atoms with van der Waals surface area (Å²) in [6.07, 6.45) is 1.41. The molecule has 0 unspecified atom stereocenters. The lowest BCUT2D eigenvalue weighted by Gasteiger charge is -2.44. The number of carbonyl (C=O) groups is 3. The number of esters is 2. The monoisotopic (exact) mass is 494 g/mol. The number of hydrogen-bond acceptors (Lipinski definition) is 7. The number of alkyl carbamates (subject to hydrolysis) is 1. The molecule has 0 aromatic heterocycles. The number of fused-ring (bicyclic) bond motifs is 3. The van der Waals surface area contributed by atoms with Crippen LogP contribution in [0.1, 0.15) is 49.5 Å². The molecule has 3 aliphatic heterocycles. The summed E-state index contributed by atoms with van der Waals surface area (Å²) in [5.41, 5.74) is 0.540. The van der Waals surface area contributed by atoms with Crippen molar-refractivity contribution < 1.29 is 28.6 Å². The molecule has 8 nitrogen and oxygen atoms in total. The van der Waals surface area contributed by atoms with Crippen molar-refractivity contribution in [2.75, 3.05) is 19.6 Å². The number of carbonyl (C=O) groups excluding carboxylic acids is 3. The molecule has 0 aliphatic carbocycles. The van der Waals surface area contributed by atoms with Crippen molar-refractivity contribution in [1.29, 1.82) is 0 Å². The lowest BCUT2D eigenvalue weighted by molar-refractivity contribution is -0.161. The van der Waals surface area contributed by atoms with Gasteiger partial charge in [-0.2, -0.15) is 0 Å². The average molecular weight is 495 g/mol. The van der Waals surface area contributed by atoms with Crippen LogP contribution in [0.3, 0.4) is 0 Å². The third-order valence-corrected chi connectivity index (χ3v) is 6.42. The second kappa shape index (κ2) is 11.1. The highest BCUT2D eigenvalue weighted by Crippen LogP contribution is 2.30. The van der Waals surface area contributed by atoms with Crippen molar-refractivity contribution in [2.24, 2.45) is 5.92 Å². The maximum atomic E-state index is 13.2. The number of hydrogen-bond donors (Lipinski definition) is 1. The molecule has 3 saturated heterocycles. The highest BCUT2D eigenvalue weighted by molar-refractivity contribution is 5.91. The van der Waals surface area contributed by atoms with Gasteiger partial charge in [0.1, 0.15) is 23.5 Å². The Kier molecular flexibility index (Phi) is 7.94. The predicted octanol–water partition coefficient (Wildman–Crippen LogP) is 3.98. The van der Waals surface area contributed by atoms with Gasteiger partial charge < -0.3 is 19.5 Å². The van der Waals surface area contributed by atoms with Crippen LogP contribution in [0.25, 0.3) is 0 Å². The molecule has 5 rings (SSSR count). The maximum absolute atomic E-state index is 13.2. The first kappa shape index (κ1) is 25.7. The van der Waals surface area contributed by atoms with E-state index in [4.69, 9.17) is 14.2 Å². The van der Waals surface area contributed by atoms with Gasteiger partial charge in [0.05, 0.1) is 5.56 Å². The van der Waals surface area contributed by atoms with E-state index < -0.39 is 29.7 Å². The van der Waals surface area contributed by atoms with E-state index in [1.165, 1.54) is 0 Å². The van der Waals surface area contributed by atoms with Gasteiger partial charge in [0.25, 0.3) is 0 Å². The van der Waals surface area contributed by atoms with Gasteiger partial charge in [0, 0.05) is 13.0 Å². The molecular weight excluding hydrogens is 460 g/mol. The van der Waals surface area contributed by atoms with Crippen LogP contribution in [0, 0.1) is 5.92 Å². The number of nitrogens with one attached hydrogen (secondary N) is 1. The lowest BCUT2D eigenvalue weighted by atomic mass is 9.86. The number of piperidine rings is 3. The van der Waals surface area contributed by atoms with E-state index in [1.807, 2.05) is 6.07 Å². The second-order valence-corrected chi connectivity index (χ2v) is 10.4. The van der Waals surface area contributed by atoms with Crippen LogP contribution < -0.4 is 10.1 Å². The molecule has 2 aromatic rings. The van der Waals surface area contributed by atoms with Gasteiger partial charge in [-0.25, -0.2) is 14.4 Å². The van der Waals surface area contributed by atoms with Gasteiger partial charge in [-0.05, 0) is 82.4 Å². The van der Waals surface area contributed by atoms with Crippen molar-refractivity contribution in [2.45, 2.75) is 57.8 Å². The molecular formula is C28H34N2O6. The van der Waals surface area contributed by atoms with Gasteiger partial charge in [0.15, 0.2) is 0 Å². The molecule has 0 radical (unpaired) electrons. The smallest absolute Gasteiger partial charge is 0.408 e. The molecule has 2 atom stereocenters. The van der Waals surface area contributed by atoms with E-state index in [9.17, 15) is 14.4 Å². The quantitative estimate of drug-likeness (QED) is 0.460. The number of ether oxygens (including phenoxy) is 3. The van der Waals surface area contributed by atoms with Crippen LogP contribution in [-0.4, -0.2) is 60.3 Å². The second-order valence-electron chi connectivity index (χ2n) is 10.4. The Morgan fingerprint density at radius 2 is 1.67 bits per heavy atom. The van der Waals surface area contributed by atoms with Crippen LogP contribution in [-0.2, 0) is 20.7 Å². The molecule has 8 heteroatoms. The van der Waals surface area contributed by atoms with E-state index in [-0.39, 0.29) is 12.5 Å². The molecule has 0 saturated carbocycles. The third kappa shape index (κ3) is 7.07. The number of nitrogens with zero attached hydrogens (tertiary/aromatic N) is 1. The predicted molar refractivity (Wildman–Crippen MR) is 134 cm³/mol. The van der Waals surface area contributed by atoms with Crippen molar-refractivity contribution in [3.8, 4) is 5.75 Å². The summed E-state index contributed by atoms with van der Waals surface area (Å²) < 4.78 is 16.7. The molecule has 2 aromatic carbocycles. The number of rotatable bonds is 7. The van der Waals surface area contributed by atoms with E-state index >= 15 is 0 Å². The summed E-state index contributed by atoms with van der Waals surface area (Å²) in [4.78, 5) is 40.3. The van der Waals surface area contributed by atoms with Crippen molar-refractivity contribution in [3.63, 3.8) is 0 Å². The summed E-state index contributed by atoms with van der Waals surface area (Å²) in [6, 6.07) is 14.7. The molecule has 192 valence electrons. The number of benzene rings is 2. The zero-order valence-corrected chi connectivity index (χ0v) is 21.1. The Labute approximate surface area is 211 Å². The minimum atomic E-state index is -0.909. The van der Waals surface area contributed by atoms with Crippen molar-refractivity contribution in [3.05, 3.63) is 65.7 Å². The Bertz CT molecular complexity index is 1060. The van der Waals surface area contributed by atoms with Crippen molar-refractivity contribution in [1.82, 2.24) is 10.2 Å². The summed E-state index contributed by atoms with van der Waals surface area (Å²) in [5, 5.41) is 2.69. The first-order valence-corrected chi connectivity index (χ1v) is 12.4. The highest BCUT2D eigenvalue weighted by Gasteiger charge is 2.38. The normalized spacial score (nSPS) is 21.8. The largest absolute Gasteiger partial charge is 0.459 e. The molecule has 0 spiro atoms. The SMILES string of the molecule is CC(C)(C)OC(=O)N[C@@H](Cc1ccc(OC(=O)c2ccccc2)cc1)C(=O)O[C@H]1CN2CCC1CC2. The molecule has 3 heterocycles. The van der Waals surface area contributed by atoms with Gasteiger partial charge in [-0.15, -0.1) is 0 Å². The van der Waals surface area contributed by atoms with Crippen LogP contribution in [0.5, 0.6) is 5.75 Å². The number of amides is 1. The fourth-order valence-electron chi connectivity index (χ4n) is 4.59. The Morgan fingerprint density at radius 1 is 1.00 bits per heavy atom. The first-order chi connectivity index (χ1) is 17.2. The van der Waals surface area contributed by atoms with Crippen LogP contribution in [0.2, 0.25) is 0 Å². The fourth-order valence-corrected chi connectivity index (χ4v) is 4.59. The zero-order valence-electron chi connectivity index (χ0n) is 21.1. The van der Waals surface area contributed by atoms with Gasteiger partial charge in [-0.1, -0.05) is 30.3 Å². The Hall–Kier alpha value is -3.39. The molecule has 3 fully saturated rings.